The highest BCUT2D eigenvalue weighted by Gasteiger charge is 2.42. The second-order valence-corrected chi connectivity index (χ2v) is 8.84. The Balaban J connectivity index is 1.30. The molecule has 0 aromatic heterocycles. The predicted molar refractivity (Wildman–Crippen MR) is 117 cm³/mol. The summed E-state index contributed by atoms with van der Waals surface area (Å²) in [7, 11) is 0. The van der Waals surface area contributed by atoms with Crippen LogP contribution >= 0.6 is 23.4 Å². The predicted octanol–water partition coefficient (Wildman–Crippen LogP) is 2.56. The van der Waals surface area contributed by atoms with Crippen molar-refractivity contribution < 1.29 is 14.4 Å². The van der Waals surface area contributed by atoms with Crippen LogP contribution in [0.5, 0.6) is 0 Å². The first-order valence-electron chi connectivity index (χ1n) is 9.79. The minimum Gasteiger partial charge on any atom is -0.352 e. The number of rotatable bonds is 6. The summed E-state index contributed by atoms with van der Waals surface area (Å²) < 4.78 is 0. The topological polar surface area (TPSA) is 69.7 Å². The van der Waals surface area contributed by atoms with E-state index < -0.39 is 0 Å². The summed E-state index contributed by atoms with van der Waals surface area (Å²) in [5, 5.41) is 3.60. The monoisotopic (exact) mass is 443 g/mol. The Morgan fingerprint density at radius 3 is 2.50 bits per heavy atom. The van der Waals surface area contributed by atoms with Gasteiger partial charge in [0.1, 0.15) is 12.6 Å². The summed E-state index contributed by atoms with van der Waals surface area (Å²) in [6.07, 6.45) is 0.725. The van der Waals surface area contributed by atoms with E-state index in [1.165, 1.54) is 0 Å². The molecule has 8 heteroatoms. The normalized spacial score (nSPS) is 18.5. The number of amides is 3. The lowest BCUT2D eigenvalue weighted by Crippen LogP contribution is -2.57. The van der Waals surface area contributed by atoms with Gasteiger partial charge in [0.15, 0.2) is 0 Å². The Bertz CT molecular complexity index is 949. The minimum atomic E-state index is -0.332. The molecule has 1 N–H and O–H groups in total. The zero-order valence-electron chi connectivity index (χ0n) is 16.3. The number of carbonyl (C=O) groups is 3. The highest BCUT2D eigenvalue weighted by Crippen LogP contribution is 2.26. The minimum absolute atomic E-state index is 0.00119. The standard InChI is InChI=1S/C22H22ClN3O3S/c23-18-7-3-15(4-8-18)9-10-24-21(28)17-5-1-16(2-6-17)11-25-12-20(27)26-14-30-13-19(26)22(25)29/h1-8,19H,9-14H2,(H,24,28)/t19-/m0/s1. The number of thioether (sulfide) groups is 1. The molecule has 0 aliphatic carbocycles. The highest BCUT2D eigenvalue weighted by molar-refractivity contribution is 7.99. The van der Waals surface area contributed by atoms with E-state index in [1.807, 2.05) is 36.4 Å². The number of piperazine rings is 1. The van der Waals surface area contributed by atoms with Crippen LogP contribution in [0.4, 0.5) is 0 Å². The molecule has 0 radical (unpaired) electrons. The van der Waals surface area contributed by atoms with Crippen LogP contribution in [-0.4, -0.2) is 58.3 Å². The summed E-state index contributed by atoms with van der Waals surface area (Å²) in [6.45, 7) is 1.02. The largest absolute Gasteiger partial charge is 0.352 e. The average Bonchev–Trinajstić information content (AvgIpc) is 3.25. The van der Waals surface area contributed by atoms with Crippen molar-refractivity contribution in [2.24, 2.45) is 0 Å². The Hall–Kier alpha value is -2.51. The van der Waals surface area contributed by atoms with E-state index >= 15 is 0 Å². The second-order valence-electron chi connectivity index (χ2n) is 7.40. The molecule has 1 atom stereocenters. The summed E-state index contributed by atoms with van der Waals surface area (Å²) in [4.78, 5) is 40.5. The molecule has 0 bridgehead atoms. The Morgan fingerprint density at radius 1 is 1.07 bits per heavy atom. The van der Waals surface area contributed by atoms with Crippen molar-refractivity contribution in [3.63, 3.8) is 0 Å². The SMILES string of the molecule is O=C(NCCc1ccc(Cl)cc1)c1ccc(CN2CC(=O)N3CSC[C@H]3C2=O)cc1. The van der Waals surface area contributed by atoms with Gasteiger partial charge in [0.05, 0.1) is 5.88 Å². The highest BCUT2D eigenvalue weighted by atomic mass is 35.5. The van der Waals surface area contributed by atoms with Crippen molar-refractivity contribution >= 4 is 41.1 Å². The Labute approximate surface area is 184 Å². The van der Waals surface area contributed by atoms with Gasteiger partial charge in [0, 0.05) is 29.4 Å². The Morgan fingerprint density at radius 2 is 1.77 bits per heavy atom. The van der Waals surface area contributed by atoms with E-state index in [-0.39, 0.29) is 30.3 Å². The molecule has 2 aromatic rings. The smallest absolute Gasteiger partial charge is 0.251 e. The van der Waals surface area contributed by atoms with Gasteiger partial charge in [0.25, 0.3) is 5.91 Å². The summed E-state index contributed by atoms with van der Waals surface area (Å²) in [5.74, 6) is 1.13. The van der Waals surface area contributed by atoms with E-state index in [2.05, 4.69) is 5.32 Å². The van der Waals surface area contributed by atoms with Gasteiger partial charge in [-0.05, 0) is 41.8 Å². The molecule has 2 saturated heterocycles. The van der Waals surface area contributed by atoms with Crippen LogP contribution in [0.2, 0.25) is 5.02 Å². The first kappa shape index (κ1) is 20.8. The lowest BCUT2D eigenvalue weighted by molar-refractivity contribution is -0.153. The van der Waals surface area contributed by atoms with Gasteiger partial charge >= 0.3 is 0 Å². The molecule has 0 spiro atoms. The summed E-state index contributed by atoms with van der Waals surface area (Å²) in [5.41, 5.74) is 2.57. The molecule has 2 heterocycles. The van der Waals surface area contributed by atoms with Crippen molar-refractivity contribution in [3.05, 3.63) is 70.2 Å². The van der Waals surface area contributed by atoms with Gasteiger partial charge < -0.3 is 15.1 Å². The molecule has 2 aliphatic heterocycles. The molecule has 3 amide bonds. The quantitative estimate of drug-likeness (QED) is 0.745. The Kier molecular flexibility index (Phi) is 6.29. The van der Waals surface area contributed by atoms with E-state index in [1.54, 1.807) is 33.7 Å². The number of halogens is 1. The van der Waals surface area contributed by atoms with Crippen molar-refractivity contribution in [2.45, 2.75) is 19.0 Å². The molecular weight excluding hydrogens is 422 g/mol. The van der Waals surface area contributed by atoms with Crippen LogP contribution in [-0.2, 0) is 22.6 Å². The number of nitrogens with zero attached hydrogens (tertiary/aromatic N) is 2. The maximum absolute atomic E-state index is 12.6. The summed E-state index contributed by atoms with van der Waals surface area (Å²) >= 11 is 7.49. The third-order valence-corrected chi connectivity index (χ3v) is 6.59. The van der Waals surface area contributed by atoms with Crippen LogP contribution in [0, 0.1) is 0 Å². The van der Waals surface area contributed by atoms with Crippen molar-refractivity contribution in [1.82, 2.24) is 15.1 Å². The summed E-state index contributed by atoms with van der Waals surface area (Å²) in [6, 6.07) is 14.4. The molecule has 2 fully saturated rings. The third-order valence-electron chi connectivity index (χ3n) is 5.33. The second kappa shape index (κ2) is 9.10. The maximum Gasteiger partial charge on any atom is 0.251 e. The van der Waals surface area contributed by atoms with E-state index in [0.717, 1.165) is 17.5 Å². The van der Waals surface area contributed by atoms with Crippen LogP contribution in [0.15, 0.2) is 48.5 Å². The first-order valence-corrected chi connectivity index (χ1v) is 11.3. The molecule has 6 nitrogen and oxygen atoms in total. The van der Waals surface area contributed by atoms with Crippen molar-refractivity contribution in [3.8, 4) is 0 Å². The van der Waals surface area contributed by atoms with Crippen LogP contribution in [0.1, 0.15) is 21.5 Å². The van der Waals surface area contributed by atoms with Crippen molar-refractivity contribution in [2.75, 3.05) is 24.7 Å². The zero-order valence-corrected chi connectivity index (χ0v) is 17.9. The van der Waals surface area contributed by atoms with Crippen LogP contribution in [0.25, 0.3) is 0 Å². The third kappa shape index (κ3) is 4.63. The van der Waals surface area contributed by atoms with E-state index in [0.29, 0.717) is 35.3 Å². The molecule has 156 valence electrons. The molecule has 2 aliphatic rings. The number of hydrogen-bond donors (Lipinski definition) is 1. The van der Waals surface area contributed by atoms with Gasteiger partial charge in [-0.1, -0.05) is 35.9 Å². The molecule has 4 rings (SSSR count). The molecule has 30 heavy (non-hydrogen) atoms. The fourth-order valence-electron chi connectivity index (χ4n) is 3.63. The van der Waals surface area contributed by atoms with Gasteiger partial charge in [0.2, 0.25) is 11.8 Å². The van der Waals surface area contributed by atoms with Gasteiger partial charge in [-0.2, -0.15) is 0 Å². The van der Waals surface area contributed by atoms with Crippen LogP contribution < -0.4 is 5.32 Å². The van der Waals surface area contributed by atoms with Gasteiger partial charge in [-0.15, -0.1) is 11.8 Å². The lowest BCUT2D eigenvalue weighted by Gasteiger charge is -2.35. The lowest BCUT2D eigenvalue weighted by atomic mass is 10.1. The first-order chi connectivity index (χ1) is 14.5. The van der Waals surface area contributed by atoms with E-state index in [4.69, 9.17) is 11.6 Å². The zero-order chi connectivity index (χ0) is 21.1. The van der Waals surface area contributed by atoms with Crippen LogP contribution in [0.3, 0.4) is 0 Å². The average molecular weight is 444 g/mol. The number of fused-ring (bicyclic) bond motifs is 1. The van der Waals surface area contributed by atoms with Gasteiger partial charge in [-0.3, -0.25) is 14.4 Å². The fraction of sp³-hybridized carbons (Fsp3) is 0.318. The number of nitrogens with one attached hydrogen (secondary N) is 1. The van der Waals surface area contributed by atoms with Crippen molar-refractivity contribution in [1.29, 1.82) is 0 Å². The number of benzene rings is 2. The van der Waals surface area contributed by atoms with Gasteiger partial charge in [-0.25, -0.2) is 0 Å². The molecule has 0 saturated carbocycles. The van der Waals surface area contributed by atoms with E-state index in [9.17, 15) is 14.4 Å². The molecule has 0 unspecified atom stereocenters. The fourth-order valence-corrected chi connectivity index (χ4v) is 4.92. The maximum atomic E-state index is 12.6. The molecular formula is C22H22ClN3O3S. The number of carbonyl (C=O) groups excluding carboxylic acids is 3. The number of hydrogen-bond acceptors (Lipinski definition) is 4. The molecule has 2 aromatic carbocycles.